The van der Waals surface area contributed by atoms with Gasteiger partial charge in [0.25, 0.3) is 0 Å². The lowest BCUT2D eigenvalue weighted by Crippen LogP contribution is -2.35. The molecule has 1 nitrogen and oxygen atoms in total. The molecule has 0 unspecified atom stereocenters. The highest BCUT2D eigenvalue weighted by atomic mass is 16.3. The Morgan fingerprint density at radius 3 is 2.06 bits per heavy atom. The molecule has 0 heterocycles. The second-order valence-corrected chi connectivity index (χ2v) is 6.11. The lowest BCUT2D eigenvalue weighted by molar-refractivity contribution is 0.322. The zero-order chi connectivity index (χ0) is 12.4. The van der Waals surface area contributed by atoms with Crippen molar-refractivity contribution in [3.63, 3.8) is 0 Å². The van der Waals surface area contributed by atoms with Gasteiger partial charge < -0.3 is 5.11 Å². The monoisotopic (exact) mass is 226 g/mol. The maximum Gasteiger partial charge on any atom is 0.123 e. The Hall–Kier alpha value is -1.50. The number of hydrogen-bond acceptors (Lipinski definition) is 1. The Bertz CT molecular complexity index is 600. The summed E-state index contributed by atoms with van der Waals surface area (Å²) in [5, 5.41) is 12.2. The minimum Gasteiger partial charge on any atom is -0.507 e. The summed E-state index contributed by atoms with van der Waals surface area (Å²) in [5.41, 5.74) is 2.91. The Balaban J connectivity index is 2.56. The molecule has 3 rings (SSSR count). The molecular weight excluding hydrogens is 208 g/mol. The summed E-state index contributed by atoms with van der Waals surface area (Å²) in [6.07, 6.45) is 0. The topological polar surface area (TPSA) is 20.2 Å². The van der Waals surface area contributed by atoms with Crippen LogP contribution in [0.3, 0.4) is 0 Å². The first kappa shape index (κ1) is 10.6. The van der Waals surface area contributed by atoms with Crippen molar-refractivity contribution < 1.29 is 5.11 Å². The van der Waals surface area contributed by atoms with Crippen molar-refractivity contribution in [1.29, 1.82) is 0 Å². The first-order chi connectivity index (χ1) is 7.87. The van der Waals surface area contributed by atoms with Crippen LogP contribution in [-0.2, 0) is 10.8 Å². The summed E-state index contributed by atoms with van der Waals surface area (Å²) >= 11 is 0. The summed E-state index contributed by atoms with van der Waals surface area (Å²) in [6, 6.07) is 10.2. The van der Waals surface area contributed by atoms with E-state index < -0.39 is 0 Å². The maximum absolute atomic E-state index is 9.99. The van der Waals surface area contributed by atoms with Crippen LogP contribution in [0.4, 0.5) is 0 Å². The van der Waals surface area contributed by atoms with Gasteiger partial charge in [-0.15, -0.1) is 0 Å². The number of aromatic hydroxyl groups is 1. The number of rotatable bonds is 0. The Morgan fingerprint density at radius 2 is 1.41 bits per heavy atom. The largest absolute Gasteiger partial charge is 0.507 e. The highest BCUT2D eigenvalue weighted by Gasteiger charge is 2.46. The van der Waals surface area contributed by atoms with E-state index >= 15 is 0 Å². The summed E-state index contributed by atoms with van der Waals surface area (Å²) in [4.78, 5) is 0. The standard InChI is InChI=1S/C16H18O/c1-15(2)11-7-5-6-10-13(17)9-8-12(14(10)11)16(15,3)4/h5-9,17H,1-4H3. The van der Waals surface area contributed by atoms with Crippen molar-refractivity contribution in [2.45, 2.75) is 38.5 Å². The van der Waals surface area contributed by atoms with Gasteiger partial charge in [-0.2, -0.15) is 0 Å². The van der Waals surface area contributed by atoms with Crippen LogP contribution >= 0.6 is 0 Å². The quantitative estimate of drug-likeness (QED) is 0.716. The molecule has 17 heavy (non-hydrogen) atoms. The van der Waals surface area contributed by atoms with Gasteiger partial charge in [0.15, 0.2) is 0 Å². The van der Waals surface area contributed by atoms with E-state index in [0.29, 0.717) is 5.75 Å². The Morgan fingerprint density at radius 1 is 0.824 bits per heavy atom. The van der Waals surface area contributed by atoms with Gasteiger partial charge in [0.2, 0.25) is 0 Å². The SMILES string of the molecule is CC1(C)c2cccc3c(O)ccc(c23)C1(C)C. The molecule has 0 aromatic heterocycles. The molecule has 1 heteroatoms. The summed E-state index contributed by atoms with van der Waals surface area (Å²) in [7, 11) is 0. The van der Waals surface area contributed by atoms with Crippen LogP contribution in [0.25, 0.3) is 10.8 Å². The van der Waals surface area contributed by atoms with Gasteiger partial charge in [0.05, 0.1) is 0 Å². The highest BCUT2D eigenvalue weighted by molar-refractivity contribution is 5.97. The molecule has 0 atom stereocenters. The van der Waals surface area contributed by atoms with E-state index in [-0.39, 0.29) is 10.8 Å². The smallest absolute Gasteiger partial charge is 0.123 e. The van der Waals surface area contributed by atoms with Gasteiger partial charge in [-0.05, 0) is 33.4 Å². The molecule has 0 fully saturated rings. The molecule has 1 aliphatic rings. The van der Waals surface area contributed by atoms with Gasteiger partial charge >= 0.3 is 0 Å². The van der Waals surface area contributed by atoms with Gasteiger partial charge in [0.1, 0.15) is 5.75 Å². The van der Waals surface area contributed by atoms with Crippen LogP contribution in [0.5, 0.6) is 5.75 Å². The van der Waals surface area contributed by atoms with Gasteiger partial charge in [-0.3, -0.25) is 0 Å². The molecule has 2 aromatic rings. The summed E-state index contributed by atoms with van der Waals surface area (Å²) in [5.74, 6) is 0.388. The van der Waals surface area contributed by atoms with Crippen LogP contribution in [0.2, 0.25) is 0 Å². The molecule has 0 saturated carbocycles. The number of benzene rings is 2. The van der Waals surface area contributed by atoms with Crippen LogP contribution in [0.15, 0.2) is 30.3 Å². The van der Waals surface area contributed by atoms with Crippen molar-refractivity contribution in [1.82, 2.24) is 0 Å². The number of hydrogen-bond donors (Lipinski definition) is 1. The van der Waals surface area contributed by atoms with Crippen molar-refractivity contribution >= 4 is 10.8 Å². The average molecular weight is 226 g/mol. The molecule has 0 saturated heterocycles. The van der Waals surface area contributed by atoms with E-state index in [2.05, 4.69) is 39.8 Å². The third-order valence-electron chi connectivity index (χ3n) is 4.93. The van der Waals surface area contributed by atoms with E-state index in [4.69, 9.17) is 0 Å². The fourth-order valence-corrected chi connectivity index (χ4v) is 3.11. The molecule has 88 valence electrons. The fraction of sp³-hybridized carbons (Fsp3) is 0.375. The van der Waals surface area contributed by atoms with Gasteiger partial charge in [0, 0.05) is 5.39 Å². The van der Waals surface area contributed by atoms with E-state index in [1.807, 2.05) is 18.2 Å². The molecule has 0 amide bonds. The second kappa shape index (κ2) is 2.84. The zero-order valence-corrected chi connectivity index (χ0v) is 10.8. The average Bonchev–Trinajstić information content (AvgIpc) is 2.42. The van der Waals surface area contributed by atoms with Crippen LogP contribution in [-0.4, -0.2) is 5.11 Å². The molecule has 0 bridgehead atoms. The minimum absolute atomic E-state index is 0.0998. The maximum atomic E-state index is 9.99. The Kier molecular flexibility index (Phi) is 1.78. The second-order valence-electron chi connectivity index (χ2n) is 6.11. The molecule has 1 N–H and O–H groups in total. The third-order valence-corrected chi connectivity index (χ3v) is 4.93. The summed E-state index contributed by atoms with van der Waals surface area (Å²) < 4.78 is 0. The molecule has 1 aliphatic carbocycles. The summed E-state index contributed by atoms with van der Waals surface area (Å²) in [6.45, 7) is 9.16. The van der Waals surface area contributed by atoms with E-state index in [0.717, 1.165) is 5.39 Å². The molecule has 0 spiro atoms. The van der Waals surface area contributed by atoms with Crippen molar-refractivity contribution in [2.75, 3.05) is 0 Å². The lowest BCUT2D eigenvalue weighted by Gasteiger charge is -2.37. The van der Waals surface area contributed by atoms with Gasteiger partial charge in [-0.1, -0.05) is 52.0 Å². The van der Waals surface area contributed by atoms with Crippen LogP contribution in [0.1, 0.15) is 38.8 Å². The van der Waals surface area contributed by atoms with Crippen LogP contribution < -0.4 is 0 Å². The predicted molar refractivity (Wildman–Crippen MR) is 71.7 cm³/mol. The highest BCUT2D eigenvalue weighted by Crippen LogP contribution is 2.55. The third kappa shape index (κ3) is 1.05. The molecular formula is C16H18O. The zero-order valence-electron chi connectivity index (χ0n) is 10.8. The number of phenols is 1. The molecule has 0 aliphatic heterocycles. The fourth-order valence-electron chi connectivity index (χ4n) is 3.11. The predicted octanol–water partition coefficient (Wildman–Crippen LogP) is 4.11. The number of phenolic OH excluding ortho intramolecular Hbond substituents is 1. The Labute approximate surface area is 102 Å². The first-order valence-corrected chi connectivity index (χ1v) is 6.13. The molecule has 0 radical (unpaired) electrons. The van der Waals surface area contributed by atoms with E-state index in [1.54, 1.807) is 0 Å². The van der Waals surface area contributed by atoms with Crippen molar-refractivity contribution in [3.05, 3.63) is 41.5 Å². The minimum atomic E-state index is 0.0998. The lowest BCUT2D eigenvalue weighted by atomic mass is 9.66. The molecule has 2 aromatic carbocycles. The van der Waals surface area contributed by atoms with Crippen molar-refractivity contribution in [3.8, 4) is 5.75 Å². The normalized spacial score (nSPS) is 19.8. The first-order valence-electron chi connectivity index (χ1n) is 6.13. The van der Waals surface area contributed by atoms with E-state index in [9.17, 15) is 5.11 Å². The van der Waals surface area contributed by atoms with Gasteiger partial charge in [-0.25, -0.2) is 0 Å². The van der Waals surface area contributed by atoms with Crippen LogP contribution in [0, 0.1) is 0 Å². The van der Waals surface area contributed by atoms with E-state index in [1.165, 1.54) is 16.5 Å². The van der Waals surface area contributed by atoms with Crippen molar-refractivity contribution in [2.24, 2.45) is 0 Å².